The third-order valence-corrected chi connectivity index (χ3v) is 4.67. The number of rotatable bonds is 3. The fraction of sp³-hybridized carbons (Fsp3) is 0.333. The molecule has 2 aliphatic heterocycles. The van der Waals surface area contributed by atoms with Gasteiger partial charge in [0.25, 0.3) is 5.91 Å². The molecule has 1 aromatic rings. The van der Waals surface area contributed by atoms with Crippen LogP contribution in [0.3, 0.4) is 0 Å². The third kappa shape index (κ3) is 3.26. The van der Waals surface area contributed by atoms with Crippen molar-refractivity contribution in [2.75, 3.05) is 17.7 Å². The van der Waals surface area contributed by atoms with E-state index in [1.54, 1.807) is 12.3 Å². The van der Waals surface area contributed by atoms with Gasteiger partial charge in [-0.05, 0) is 31.5 Å². The highest BCUT2D eigenvalue weighted by molar-refractivity contribution is 8.13. The Kier molecular flexibility index (Phi) is 4.16. The molecule has 2 heterocycles. The first-order valence-corrected chi connectivity index (χ1v) is 8.23. The number of anilines is 1. The summed E-state index contributed by atoms with van der Waals surface area (Å²) in [7, 11) is 0. The molecule has 0 spiro atoms. The van der Waals surface area contributed by atoms with E-state index in [9.17, 15) is 9.18 Å². The van der Waals surface area contributed by atoms with Gasteiger partial charge in [-0.25, -0.2) is 4.39 Å². The van der Waals surface area contributed by atoms with E-state index in [0.717, 1.165) is 5.75 Å². The summed E-state index contributed by atoms with van der Waals surface area (Å²) < 4.78 is 14.3. The summed E-state index contributed by atoms with van der Waals surface area (Å²) in [6.45, 7) is 2.37. The van der Waals surface area contributed by atoms with Crippen LogP contribution >= 0.6 is 11.8 Å². The van der Waals surface area contributed by atoms with Gasteiger partial charge in [0.1, 0.15) is 11.5 Å². The van der Waals surface area contributed by atoms with Crippen LogP contribution in [0.5, 0.6) is 0 Å². The Morgan fingerprint density at radius 3 is 3.04 bits per heavy atom. The fourth-order valence-electron chi connectivity index (χ4n) is 2.59. The van der Waals surface area contributed by atoms with Crippen molar-refractivity contribution in [3.05, 3.63) is 41.5 Å². The molecule has 23 heavy (non-hydrogen) atoms. The van der Waals surface area contributed by atoms with Crippen LogP contribution in [-0.4, -0.2) is 23.5 Å². The predicted octanol–water partition coefficient (Wildman–Crippen LogP) is 1.42. The third-order valence-electron chi connectivity index (χ3n) is 3.87. The summed E-state index contributed by atoms with van der Waals surface area (Å²) in [5.41, 5.74) is 6.48. The van der Waals surface area contributed by atoms with E-state index in [-0.39, 0.29) is 11.7 Å². The number of nitrogens with zero attached hydrogens (tertiary/aromatic N) is 1. The molecule has 3 rings (SSSR count). The molecule has 0 saturated carbocycles. The number of thioether (sulfide) groups is 1. The highest BCUT2D eigenvalue weighted by Gasteiger charge is 2.32. The molecule has 1 atom stereocenters. The first kappa shape index (κ1) is 15.7. The number of hydrogen-bond donors (Lipinski definition) is 4. The zero-order chi connectivity index (χ0) is 16.4. The zero-order valence-electron chi connectivity index (χ0n) is 12.6. The number of amidine groups is 1. The van der Waals surface area contributed by atoms with Crippen molar-refractivity contribution in [3.8, 4) is 0 Å². The van der Waals surface area contributed by atoms with E-state index in [4.69, 9.17) is 5.73 Å². The first-order valence-electron chi connectivity index (χ1n) is 7.25. The maximum Gasteiger partial charge on any atom is 0.273 e. The highest BCUT2D eigenvalue weighted by atomic mass is 32.2. The summed E-state index contributed by atoms with van der Waals surface area (Å²) in [4.78, 5) is 16.5. The van der Waals surface area contributed by atoms with Gasteiger partial charge in [0.2, 0.25) is 0 Å². The van der Waals surface area contributed by atoms with Gasteiger partial charge < -0.3 is 21.7 Å². The molecule has 0 bridgehead atoms. The molecule has 1 amide bonds. The topological polar surface area (TPSA) is 91.5 Å². The van der Waals surface area contributed by atoms with Crippen LogP contribution in [0.15, 0.2) is 35.1 Å². The number of carbonyl (C=O) groups is 1. The molecular formula is C15H18FN5OS. The molecule has 2 aliphatic rings. The minimum Gasteiger partial charge on any atom is -0.379 e. The molecule has 6 nitrogen and oxygen atoms in total. The molecule has 122 valence electrons. The number of benzene rings is 1. The van der Waals surface area contributed by atoms with E-state index in [0.29, 0.717) is 35.2 Å². The molecular weight excluding hydrogens is 317 g/mol. The largest absolute Gasteiger partial charge is 0.379 e. The SMILES string of the molecule is CC1(c2cc(NC(=O)C3=CNCN3)ccc2F)CCSC(N)=N1. The van der Waals surface area contributed by atoms with Crippen LogP contribution in [0.2, 0.25) is 0 Å². The molecule has 5 N–H and O–H groups in total. The molecule has 1 aromatic carbocycles. The van der Waals surface area contributed by atoms with E-state index >= 15 is 0 Å². The van der Waals surface area contributed by atoms with Gasteiger partial charge in [-0.15, -0.1) is 0 Å². The number of amides is 1. The summed E-state index contributed by atoms with van der Waals surface area (Å²) in [5, 5.41) is 9.01. The van der Waals surface area contributed by atoms with E-state index in [1.807, 2.05) is 6.92 Å². The minimum absolute atomic E-state index is 0.278. The van der Waals surface area contributed by atoms with Gasteiger partial charge in [0.15, 0.2) is 5.17 Å². The van der Waals surface area contributed by atoms with Crippen molar-refractivity contribution in [1.29, 1.82) is 0 Å². The molecule has 0 radical (unpaired) electrons. The van der Waals surface area contributed by atoms with Crippen molar-refractivity contribution in [3.63, 3.8) is 0 Å². The molecule has 8 heteroatoms. The lowest BCUT2D eigenvalue weighted by Gasteiger charge is -2.30. The van der Waals surface area contributed by atoms with Gasteiger partial charge in [0, 0.05) is 23.2 Å². The van der Waals surface area contributed by atoms with Crippen LogP contribution in [0.4, 0.5) is 10.1 Å². The maximum atomic E-state index is 14.3. The summed E-state index contributed by atoms with van der Waals surface area (Å²) in [5.74, 6) is 0.151. The second-order valence-corrected chi connectivity index (χ2v) is 6.70. The predicted molar refractivity (Wildman–Crippen MR) is 90.3 cm³/mol. The Labute approximate surface area is 137 Å². The Hall–Kier alpha value is -2.22. The standard InChI is InChI=1S/C15H18FN5OS/c1-15(4-5-23-14(17)21-15)10-6-9(2-3-11(10)16)20-13(22)12-7-18-8-19-12/h2-3,6-7,18-19H,4-5,8H2,1H3,(H2,17,21)(H,20,22). The van der Waals surface area contributed by atoms with Gasteiger partial charge >= 0.3 is 0 Å². The van der Waals surface area contributed by atoms with E-state index in [1.165, 1.54) is 23.9 Å². The Bertz CT molecular complexity index is 705. The number of hydrogen-bond acceptors (Lipinski definition) is 6. The average Bonchev–Trinajstić information content (AvgIpc) is 3.03. The van der Waals surface area contributed by atoms with Gasteiger partial charge in [0.05, 0.1) is 12.2 Å². The minimum atomic E-state index is -0.716. The normalized spacial score (nSPS) is 23.4. The van der Waals surface area contributed by atoms with Crippen LogP contribution in [0.1, 0.15) is 18.9 Å². The highest BCUT2D eigenvalue weighted by Crippen LogP contribution is 2.37. The van der Waals surface area contributed by atoms with Gasteiger partial charge in [-0.2, -0.15) is 0 Å². The van der Waals surface area contributed by atoms with Crippen molar-refractivity contribution in [2.45, 2.75) is 18.9 Å². The average molecular weight is 335 g/mol. The molecule has 0 fully saturated rings. The summed E-state index contributed by atoms with van der Waals surface area (Å²) >= 11 is 1.47. The Morgan fingerprint density at radius 2 is 2.35 bits per heavy atom. The number of halogens is 1. The molecule has 0 aliphatic carbocycles. The number of aliphatic imine (C=N–C) groups is 1. The van der Waals surface area contributed by atoms with Crippen LogP contribution in [0.25, 0.3) is 0 Å². The summed E-state index contributed by atoms with van der Waals surface area (Å²) in [6.07, 6.45) is 2.29. The van der Waals surface area contributed by atoms with Crippen molar-refractivity contribution in [2.24, 2.45) is 10.7 Å². The van der Waals surface area contributed by atoms with Crippen molar-refractivity contribution >= 4 is 28.5 Å². The maximum absolute atomic E-state index is 14.3. The Balaban J connectivity index is 1.87. The van der Waals surface area contributed by atoms with E-state index < -0.39 is 5.54 Å². The van der Waals surface area contributed by atoms with Gasteiger partial charge in [-0.1, -0.05) is 11.8 Å². The molecule has 0 saturated heterocycles. The van der Waals surface area contributed by atoms with E-state index in [2.05, 4.69) is 20.9 Å². The van der Waals surface area contributed by atoms with Gasteiger partial charge in [-0.3, -0.25) is 9.79 Å². The van der Waals surface area contributed by atoms with Crippen LogP contribution in [-0.2, 0) is 10.3 Å². The lowest BCUT2D eigenvalue weighted by molar-refractivity contribution is -0.113. The molecule has 0 aromatic heterocycles. The number of carbonyl (C=O) groups excluding carboxylic acids is 1. The summed E-state index contributed by atoms with van der Waals surface area (Å²) in [6, 6.07) is 4.51. The smallest absolute Gasteiger partial charge is 0.273 e. The zero-order valence-corrected chi connectivity index (χ0v) is 13.5. The Morgan fingerprint density at radius 1 is 1.52 bits per heavy atom. The lowest BCUT2D eigenvalue weighted by Crippen LogP contribution is -2.30. The van der Waals surface area contributed by atoms with Crippen molar-refractivity contribution in [1.82, 2.24) is 10.6 Å². The molecule has 1 unspecified atom stereocenters. The van der Waals surface area contributed by atoms with Crippen molar-refractivity contribution < 1.29 is 9.18 Å². The number of nitrogens with one attached hydrogen (secondary N) is 3. The number of nitrogens with two attached hydrogens (primary N) is 1. The second-order valence-electron chi connectivity index (χ2n) is 5.59. The monoisotopic (exact) mass is 335 g/mol. The fourth-order valence-corrected chi connectivity index (χ4v) is 3.57. The quantitative estimate of drug-likeness (QED) is 0.671. The van der Waals surface area contributed by atoms with Crippen LogP contribution < -0.4 is 21.7 Å². The lowest BCUT2D eigenvalue weighted by atomic mass is 9.89. The van der Waals surface area contributed by atoms with Crippen LogP contribution in [0, 0.1) is 5.82 Å². The second kappa shape index (κ2) is 6.11. The first-order chi connectivity index (χ1) is 11.0.